The van der Waals surface area contributed by atoms with Crippen LogP contribution in [0.5, 0.6) is 0 Å². The third-order valence-electron chi connectivity index (χ3n) is 3.23. The van der Waals surface area contributed by atoms with Crippen molar-refractivity contribution in [3.05, 3.63) is 62.0 Å². The molecule has 0 spiro atoms. The lowest BCUT2D eigenvalue weighted by atomic mass is 9.91. The molecule has 0 saturated carbocycles. The van der Waals surface area contributed by atoms with E-state index in [0.29, 0.717) is 5.02 Å². The fourth-order valence-corrected chi connectivity index (χ4v) is 2.68. The second-order valence-electron chi connectivity index (χ2n) is 4.75. The van der Waals surface area contributed by atoms with Crippen LogP contribution in [0.1, 0.15) is 12.5 Å². The molecule has 3 nitrogen and oxygen atoms in total. The van der Waals surface area contributed by atoms with Crippen molar-refractivity contribution in [2.24, 2.45) is 5.73 Å². The summed E-state index contributed by atoms with van der Waals surface area (Å²) in [6.07, 6.45) is 0. The Balaban J connectivity index is 2.40. The highest BCUT2D eigenvalue weighted by atomic mass is 79.9. The number of hydrogen-bond donors (Lipinski definition) is 2. The summed E-state index contributed by atoms with van der Waals surface area (Å²) >= 11 is 12.7. The Kier molecular flexibility index (Phi) is 4.96. The van der Waals surface area contributed by atoms with Crippen LogP contribution in [0, 0.1) is 0 Å². The topological polar surface area (TPSA) is 55.1 Å². The number of nitrogens with two attached hydrogens (primary N) is 1. The summed E-state index contributed by atoms with van der Waals surface area (Å²) in [6.45, 7) is 1.75. The molecule has 0 bridgehead atoms. The number of anilines is 1. The van der Waals surface area contributed by atoms with E-state index in [4.69, 9.17) is 17.3 Å². The molecule has 2 rings (SSSR count). The van der Waals surface area contributed by atoms with E-state index in [1.165, 1.54) is 0 Å². The number of amides is 1. The van der Waals surface area contributed by atoms with Gasteiger partial charge < -0.3 is 11.1 Å². The van der Waals surface area contributed by atoms with E-state index in [2.05, 4.69) is 37.2 Å². The van der Waals surface area contributed by atoms with Gasteiger partial charge in [0.15, 0.2) is 0 Å². The number of nitrogens with one attached hydrogen (secondary N) is 1. The molecule has 2 aromatic carbocycles. The number of halogens is 3. The lowest BCUT2D eigenvalue weighted by molar-refractivity contribution is -0.122. The van der Waals surface area contributed by atoms with Crippen LogP contribution < -0.4 is 11.1 Å². The normalized spacial score (nSPS) is 13.5. The van der Waals surface area contributed by atoms with Gasteiger partial charge in [-0.15, -0.1) is 0 Å². The fourth-order valence-electron chi connectivity index (χ4n) is 1.92. The zero-order valence-electron chi connectivity index (χ0n) is 11.2. The van der Waals surface area contributed by atoms with Crippen molar-refractivity contribution in [1.29, 1.82) is 0 Å². The van der Waals surface area contributed by atoms with Crippen LogP contribution in [-0.4, -0.2) is 5.91 Å². The molecule has 2 aromatic rings. The minimum atomic E-state index is -1.02. The van der Waals surface area contributed by atoms with Gasteiger partial charge in [0.1, 0.15) is 5.54 Å². The third-order valence-corrected chi connectivity index (χ3v) is 4.97. The number of benzene rings is 2. The Morgan fingerprint density at radius 3 is 2.33 bits per heavy atom. The minimum Gasteiger partial charge on any atom is -0.368 e. The van der Waals surface area contributed by atoms with E-state index in [1.807, 2.05) is 30.3 Å². The maximum Gasteiger partial charge on any atom is 0.247 e. The average Bonchev–Trinajstić information content (AvgIpc) is 2.43. The zero-order valence-corrected chi connectivity index (χ0v) is 15.1. The second-order valence-corrected chi connectivity index (χ2v) is 6.93. The third kappa shape index (κ3) is 3.59. The van der Waals surface area contributed by atoms with Crippen LogP contribution >= 0.6 is 43.5 Å². The molecule has 6 heteroatoms. The molecule has 21 heavy (non-hydrogen) atoms. The molecular formula is C15H13Br2ClN2O. The van der Waals surface area contributed by atoms with Crippen LogP contribution in [0.15, 0.2) is 51.4 Å². The zero-order chi connectivity index (χ0) is 15.6. The van der Waals surface area contributed by atoms with Gasteiger partial charge in [-0.1, -0.05) is 39.7 Å². The highest BCUT2D eigenvalue weighted by Crippen LogP contribution is 2.31. The standard InChI is InChI=1S/C15H13Br2ClN2O/c1-15(14(19)21,9-2-4-10(16)5-3-9)20-11-6-7-13(18)12(17)8-11/h2-8,20H,1H3,(H2,19,21). The molecule has 0 aliphatic carbocycles. The van der Waals surface area contributed by atoms with E-state index >= 15 is 0 Å². The number of rotatable bonds is 4. The Labute approximate surface area is 145 Å². The van der Waals surface area contributed by atoms with E-state index < -0.39 is 11.4 Å². The van der Waals surface area contributed by atoms with Crippen LogP contribution in [-0.2, 0) is 10.3 Å². The van der Waals surface area contributed by atoms with Gasteiger partial charge in [-0.25, -0.2) is 0 Å². The van der Waals surface area contributed by atoms with Crippen molar-refractivity contribution in [3.63, 3.8) is 0 Å². The summed E-state index contributed by atoms with van der Waals surface area (Å²) in [7, 11) is 0. The molecule has 0 heterocycles. The Morgan fingerprint density at radius 1 is 1.19 bits per heavy atom. The van der Waals surface area contributed by atoms with E-state index in [-0.39, 0.29) is 0 Å². The molecule has 0 fully saturated rings. The number of hydrogen-bond acceptors (Lipinski definition) is 2. The fraction of sp³-hybridized carbons (Fsp3) is 0.133. The van der Waals surface area contributed by atoms with Gasteiger partial charge in [0.05, 0.1) is 5.02 Å². The number of primary amides is 1. The lowest BCUT2D eigenvalue weighted by Crippen LogP contribution is -2.45. The Bertz CT molecular complexity index is 676. The first-order valence-electron chi connectivity index (χ1n) is 6.12. The first-order valence-corrected chi connectivity index (χ1v) is 8.08. The predicted molar refractivity (Wildman–Crippen MR) is 93.5 cm³/mol. The minimum absolute atomic E-state index is 0.462. The summed E-state index contributed by atoms with van der Waals surface area (Å²) in [4.78, 5) is 12.0. The van der Waals surface area contributed by atoms with Gasteiger partial charge in [-0.2, -0.15) is 0 Å². The van der Waals surface area contributed by atoms with Crippen LogP contribution in [0.3, 0.4) is 0 Å². The summed E-state index contributed by atoms with van der Waals surface area (Å²) in [6, 6.07) is 12.8. The first kappa shape index (κ1) is 16.3. The van der Waals surface area contributed by atoms with Crippen molar-refractivity contribution >= 4 is 55.1 Å². The SMILES string of the molecule is CC(Nc1ccc(Cl)c(Br)c1)(C(N)=O)c1ccc(Br)cc1. The van der Waals surface area contributed by atoms with Gasteiger partial charge >= 0.3 is 0 Å². The van der Waals surface area contributed by atoms with Crippen molar-refractivity contribution < 1.29 is 4.79 Å². The molecule has 3 N–H and O–H groups in total. The summed E-state index contributed by atoms with van der Waals surface area (Å²) in [5.41, 5.74) is 6.11. The molecule has 0 aromatic heterocycles. The lowest BCUT2D eigenvalue weighted by Gasteiger charge is -2.29. The van der Waals surface area contributed by atoms with Crippen LogP contribution in [0.2, 0.25) is 5.02 Å². The molecule has 0 aliphatic rings. The van der Waals surface area contributed by atoms with Gasteiger partial charge in [0.2, 0.25) is 5.91 Å². The summed E-state index contributed by atoms with van der Waals surface area (Å²) < 4.78 is 1.68. The largest absolute Gasteiger partial charge is 0.368 e. The molecule has 1 unspecified atom stereocenters. The molecule has 110 valence electrons. The first-order chi connectivity index (χ1) is 9.83. The highest BCUT2D eigenvalue weighted by molar-refractivity contribution is 9.10. The maximum absolute atomic E-state index is 12.0. The average molecular weight is 433 g/mol. The molecule has 0 aliphatic heterocycles. The molecule has 0 saturated heterocycles. The van der Waals surface area contributed by atoms with Crippen molar-refractivity contribution in [2.45, 2.75) is 12.5 Å². The summed E-state index contributed by atoms with van der Waals surface area (Å²) in [5, 5.41) is 3.78. The molecule has 1 amide bonds. The van der Waals surface area contributed by atoms with E-state index in [0.717, 1.165) is 20.2 Å². The van der Waals surface area contributed by atoms with Crippen molar-refractivity contribution in [3.8, 4) is 0 Å². The highest BCUT2D eigenvalue weighted by Gasteiger charge is 2.33. The van der Waals surface area contributed by atoms with Gasteiger partial charge in [0, 0.05) is 14.6 Å². The van der Waals surface area contributed by atoms with Crippen molar-refractivity contribution in [2.75, 3.05) is 5.32 Å². The Hall–Kier alpha value is -1.04. The predicted octanol–water partition coefficient (Wildman–Crippen LogP) is 4.68. The van der Waals surface area contributed by atoms with Crippen LogP contribution in [0.4, 0.5) is 5.69 Å². The number of carbonyl (C=O) groups is 1. The van der Waals surface area contributed by atoms with Crippen LogP contribution in [0.25, 0.3) is 0 Å². The molecule has 1 atom stereocenters. The number of carbonyl (C=O) groups excluding carboxylic acids is 1. The molecule has 0 radical (unpaired) electrons. The Morgan fingerprint density at radius 2 is 1.81 bits per heavy atom. The van der Waals surface area contributed by atoms with Gasteiger partial charge in [-0.05, 0) is 58.7 Å². The van der Waals surface area contributed by atoms with Gasteiger partial charge in [-0.3, -0.25) is 4.79 Å². The summed E-state index contributed by atoms with van der Waals surface area (Å²) in [5.74, 6) is -0.462. The maximum atomic E-state index is 12.0. The van der Waals surface area contributed by atoms with E-state index in [9.17, 15) is 4.79 Å². The quantitative estimate of drug-likeness (QED) is 0.737. The van der Waals surface area contributed by atoms with Gasteiger partial charge in [0.25, 0.3) is 0 Å². The van der Waals surface area contributed by atoms with E-state index in [1.54, 1.807) is 19.1 Å². The smallest absolute Gasteiger partial charge is 0.247 e. The monoisotopic (exact) mass is 430 g/mol. The second kappa shape index (κ2) is 6.38. The van der Waals surface area contributed by atoms with Crippen molar-refractivity contribution in [1.82, 2.24) is 0 Å². The molecular weight excluding hydrogens is 419 g/mol.